The summed E-state index contributed by atoms with van der Waals surface area (Å²) < 4.78 is 3.83. The van der Waals surface area contributed by atoms with Crippen LogP contribution >= 0.6 is 0 Å². The lowest BCUT2D eigenvalue weighted by molar-refractivity contribution is 0.659. The van der Waals surface area contributed by atoms with E-state index in [9.17, 15) is 0 Å². The molecule has 0 aliphatic rings. The first-order valence-corrected chi connectivity index (χ1v) is 8.68. The van der Waals surface area contributed by atoms with Crippen LogP contribution in [-0.2, 0) is 6.54 Å². The van der Waals surface area contributed by atoms with E-state index >= 15 is 0 Å². The number of hydrogen-bond acceptors (Lipinski definition) is 3. The molecule has 0 unspecified atom stereocenters. The summed E-state index contributed by atoms with van der Waals surface area (Å²) >= 11 is 0. The van der Waals surface area contributed by atoms with Gasteiger partial charge in [0.15, 0.2) is 0 Å². The van der Waals surface area contributed by atoms with Gasteiger partial charge in [-0.25, -0.2) is 9.66 Å². The molecule has 0 spiro atoms. The number of hydrogen-bond donors (Lipinski definition) is 0. The summed E-state index contributed by atoms with van der Waals surface area (Å²) in [5.41, 5.74) is 7.57. The molecular weight excluding hydrogens is 322 g/mol. The van der Waals surface area contributed by atoms with E-state index in [1.807, 2.05) is 42.1 Å². The van der Waals surface area contributed by atoms with E-state index in [4.69, 9.17) is 5.10 Å². The summed E-state index contributed by atoms with van der Waals surface area (Å²) in [6, 6.07) is 16.5. The fourth-order valence-electron chi connectivity index (χ4n) is 3.08. The normalized spacial score (nSPS) is 11.7. The van der Waals surface area contributed by atoms with Crippen molar-refractivity contribution in [3.8, 4) is 0 Å². The van der Waals surface area contributed by atoms with Gasteiger partial charge in [-0.3, -0.25) is 4.68 Å². The number of rotatable bonds is 4. The van der Waals surface area contributed by atoms with Crippen molar-refractivity contribution in [3.05, 3.63) is 82.9 Å². The fourth-order valence-corrected chi connectivity index (χ4v) is 3.08. The van der Waals surface area contributed by atoms with Crippen molar-refractivity contribution in [3.63, 3.8) is 0 Å². The summed E-state index contributed by atoms with van der Waals surface area (Å²) in [4.78, 5) is 4.37. The Labute approximate surface area is 152 Å². The number of imidazole rings is 1. The Balaban J connectivity index is 1.63. The van der Waals surface area contributed by atoms with Gasteiger partial charge in [-0.2, -0.15) is 10.2 Å². The zero-order chi connectivity index (χ0) is 18.1. The molecule has 2 heterocycles. The molecule has 0 amide bonds. The molecule has 5 heteroatoms. The van der Waals surface area contributed by atoms with E-state index in [0.29, 0.717) is 0 Å². The second kappa shape index (κ2) is 6.59. The van der Waals surface area contributed by atoms with Gasteiger partial charge in [-0.1, -0.05) is 42.0 Å². The first-order chi connectivity index (χ1) is 12.6. The molecule has 0 saturated carbocycles. The topological polar surface area (TPSA) is 48.0 Å². The first kappa shape index (κ1) is 16.3. The lowest BCUT2D eigenvalue weighted by Gasteiger charge is -2.05. The lowest BCUT2D eigenvalue weighted by atomic mass is 10.1. The number of benzene rings is 2. The van der Waals surface area contributed by atoms with E-state index < -0.39 is 0 Å². The van der Waals surface area contributed by atoms with Gasteiger partial charge in [0.05, 0.1) is 29.5 Å². The van der Waals surface area contributed by atoms with Crippen LogP contribution in [0.5, 0.6) is 0 Å². The molecule has 0 bridgehead atoms. The number of aryl methyl sites for hydroxylation is 2. The molecule has 0 N–H and O–H groups in total. The van der Waals surface area contributed by atoms with Gasteiger partial charge in [-0.05, 0) is 38.5 Å². The van der Waals surface area contributed by atoms with Crippen LogP contribution in [0.2, 0.25) is 0 Å². The number of fused-ring (bicyclic) bond motifs is 1. The van der Waals surface area contributed by atoms with Crippen molar-refractivity contribution in [2.24, 2.45) is 5.10 Å². The molecule has 2 aromatic heterocycles. The van der Waals surface area contributed by atoms with Gasteiger partial charge in [0, 0.05) is 11.3 Å². The molecular formula is C21H21N5. The molecule has 0 radical (unpaired) electrons. The van der Waals surface area contributed by atoms with Gasteiger partial charge >= 0.3 is 0 Å². The van der Waals surface area contributed by atoms with Crippen LogP contribution in [-0.4, -0.2) is 25.7 Å². The monoisotopic (exact) mass is 343 g/mol. The lowest BCUT2D eigenvalue weighted by Crippen LogP contribution is -2.04. The second-order valence-electron chi connectivity index (χ2n) is 6.55. The smallest absolute Gasteiger partial charge is 0.118 e. The third-order valence-corrected chi connectivity index (χ3v) is 4.64. The number of para-hydroxylation sites is 2. The second-order valence-corrected chi connectivity index (χ2v) is 6.55. The van der Waals surface area contributed by atoms with Crippen molar-refractivity contribution in [2.45, 2.75) is 27.3 Å². The standard InChI is InChI=1S/C21H21N5/c1-15-8-10-18(11-9-15)13-25-17(3)19(16(2)24-25)12-23-26-14-22-20-6-4-5-7-21(20)26/h4-12,14H,13H2,1-3H3/b23-12-. The van der Waals surface area contributed by atoms with Crippen LogP contribution in [0.15, 0.2) is 60.0 Å². The first-order valence-electron chi connectivity index (χ1n) is 8.68. The quantitative estimate of drug-likeness (QED) is 0.524. The molecule has 0 saturated heterocycles. The van der Waals surface area contributed by atoms with E-state index in [0.717, 1.165) is 34.5 Å². The van der Waals surface area contributed by atoms with Crippen LogP contribution < -0.4 is 0 Å². The Bertz CT molecular complexity index is 1080. The van der Waals surface area contributed by atoms with Crippen molar-refractivity contribution in [2.75, 3.05) is 0 Å². The predicted molar refractivity (Wildman–Crippen MR) is 105 cm³/mol. The SMILES string of the molecule is Cc1ccc(Cn2nc(C)c(/C=N\n3cnc4ccccc43)c2C)cc1. The predicted octanol–water partition coefficient (Wildman–Crippen LogP) is 4.09. The van der Waals surface area contributed by atoms with E-state index in [1.165, 1.54) is 11.1 Å². The van der Waals surface area contributed by atoms with Gasteiger partial charge in [0.2, 0.25) is 0 Å². The Morgan fingerprint density at radius 3 is 2.58 bits per heavy atom. The zero-order valence-electron chi connectivity index (χ0n) is 15.2. The van der Waals surface area contributed by atoms with Gasteiger partial charge in [0.1, 0.15) is 6.33 Å². The number of nitrogens with zero attached hydrogens (tertiary/aromatic N) is 5. The minimum atomic E-state index is 0.759. The van der Waals surface area contributed by atoms with Gasteiger partial charge < -0.3 is 0 Å². The Morgan fingerprint density at radius 1 is 1.00 bits per heavy atom. The molecule has 4 rings (SSSR count). The summed E-state index contributed by atoms with van der Waals surface area (Å²) in [5, 5.41) is 9.28. The minimum Gasteiger partial charge on any atom is -0.265 e. The van der Waals surface area contributed by atoms with Crippen molar-refractivity contribution in [1.29, 1.82) is 0 Å². The van der Waals surface area contributed by atoms with Crippen molar-refractivity contribution in [1.82, 2.24) is 19.4 Å². The summed E-state index contributed by atoms with van der Waals surface area (Å²) in [7, 11) is 0. The average molecular weight is 343 g/mol. The molecule has 5 nitrogen and oxygen atoms in total. The molecule has 4 aromatic rings. The third kappa shape index (κ3) is 3.04. The maximum Gasteiger partial charge on any atom is 0.118 e. The highest BCUT2D eigenvalue weighted by Crippen LogP contribution is 2.15. The van der Waals surface area contributed by atoms with E-state index in [-0.39, 0.29) is 0 Å². The molecule has 130 valence electrons. The maximum absolute atomic E-state index is 4.69. The van der Waals surface area contributed by atoms with Crippen LogP contribution in [0.3, 0.4) is 0 Å². The van der Waals surface area contributed by atoms with Crippen LogP contribution in [0.4, 0.5) is 0 Å². The van der Waals surface area contributed by atoms with Crippen LogP contribution in [0, 0.1) is 20.8 Å². The largest absolute Gasteiger partial charge is 0.265 e. The van der Waals surface area contributed by atoms with E-state index in [1.54, 1.807) is 11.0 Å². The highest BCUT2D eigenvalue weighted by atomic mass is 15.4. The molecule has 26 heavy (non-hydrogen) atoms. The van der Waals surface area contributed by atoms with Gasteiger partial charge in [0.25, 0.3) is 0 Å². The Kier molecular flexibility index (Phi) is 4.13. The number of aromatic nitrogens is 4. The Morgan fingerprint density at radius 2 is 1.77 bits per heavy atom. The molecule has 0 aliphatic carbocycles. The van der Waals surface area contributed by atoms with Crippen molar-refractivity contribution < 1.29 is 0 Å². The Hall–Kier alpha value is -3.21. The van der Waals surface area contributed by atoms with Crippen LogP contribution in [0.1, 0.15) is 28.1 Å². The molecule has 0 fully saturated rings. The zero-order valence-corrected chi connectivity index (χ0v) is 15.2. The third-order valence-electron chi connectivity index (χ3n) is 4.64. The fraction of sp³-hybridized carbons (Fsp3) is 0.190. The highest BCUT2D eigenvalue weighted by molar-refractivity contribution is 5.83. The van der Waals surface area contributed by atoms with Gasteiger partial charge in [-0.15, -0.1) is 0 Å². The summed E-state index contributed by atoms with van der Waals surface area (Å²) in [6.45, 7) is 6.96. The van der Waals surface area contributed by atoms with Crippen molar-refractivity contribution >= 4 is 17.2 Å². The highest BCUT2D eigenvalue weighted by Gasteiger charge is 2.10. The summed E-state index contributed by atoms with van der Waals surface area (Å²) in [6.07, 6.45) is 3.61. The average Bonchev–Trinajstić information content (AvgIpc) is 3.17. The minimum absolute atomic E-state index is 0.759. The maximum atomic E-state index is 4.69. The molecule has 0 atom stereocenters. The van der Waals surface area contributed by atoms with Crippen LogP contribution in [0.25, 0.3) is 11.0 Å². The molecule has 0 aliphatic heterocycles. The summed E-state index contributed by atoms with van der Waals surface area (Å²) in [5.74, 6) is 0. The van der Waals surface area contributed by atoms with E-state index in [2.05, 4.69) is 48.2 Å². The molecule has 2 aromatic carbocycles.